The molecule has 120 valence electrons. The van der Waals surface area contributed by atoms with Crippen molar-refractivity contribution < 1.29 is 9.84 Å². The minimum absolute atomic E-state index is 0.337. The Labute approximate surface area is 137 Å². The van der Waals surface area contributed by atoms with E-state index < -0.39 is 6.10 Å². The molecule has 0 fully saturated rings. The van der Waals surface area contributed by atoms with E-state index in [4.69, 9.17) is 4.74 Å². The van der Waals surface area contributed by atoms with E-state index in [9.17, 15) is 5.11 Å². The smallest absolute Gasteiger partial charge is 0.135 e. The van der Waals surface area contributed by atoms with Gasteiger partial charge in [-0.25, -0.2) is 0 Å². The maximum atomic E-state index is 10.0. The van der Waals surface area contributed by atoms with Gasteiger partial charge in [0.05, 0.1) is 6.10 Å². The summed E-state index contributed by atoms with van der Waals surface area (Å²) in [7, 11) is 0. The van der Waals surface area contributed by atoms with E-state index in [-0.39, 0.29) is 0 Å². The van der Waals surface area contributed by atoms with Gasteiger partial charge in [-0.15, -0.1) is 0 Å². The van der Waals surface area contributed by atoms with Crippen LogP contribution in [-0.2, 0) is 0 Å². The van der Waals surface area contributed by atoms with Gasteiger partial charge in [-0.05, 0) is 43.2 Å². The standard InChI is InChI=1S/C21H24O2/c1-4-5-18(22)13-23-21-19-9-7-14(2)10-17(19)12-16-8-6-15(3)11-20(16)21/h6-12,18,22H,4-5,13H2,1-3H3. The molecular weight excluding hydrogens is 284 g/mol. The van der Waals surface area contributed by atoms with E-state index in [0.29, 0.717) is 6.61 Å². The molecule has 23 heavy (non-hydrogen) atoms. The number of hydrogen-bond donors (Lipinski definition) is 1. The van der Waals surface area contributed by atoms with E-state index >= 15 is 0 Å². The zero-order valence-electron chi connectivity index (χ0n) is 14.1. The highest BCUT2D eigenvalue weighted by atomic mass is 16.5. The number of aryl methyl sites for hydroxylation is 2. The van der Waals surface area contributed by atoms with Crippen LogP contribution in [-0.4, -0.2) is 17.8 Å². The summed E-state index contributed by atoms with van der Waals surface area (Å²) >= 11 is 0. The molecule has 1 N–H and O–H groups in total. The largest absolute Gasteiger partial charge is 0.490 e. The molecule has 0 radical (unpaired) electrons. The minimum atomic E-state index is -0.416. The molecule has 0 aliphatic rings. The summed E-state index contributed by atoms with van der Waals surface area (Å²) in [5, 5.41) is 14.6. The molecule has 3 aromatic rings. The lowest BCUT2D eigenvalue weighted by Gasteiger charge is -2.16. The lowest BCUT2D eigenvalue weighted by Crippen LogP contribution is -2.17. The molecule has 0 aliphatic heterocycles. The van der Waals surface area contributed by atoms with Crippen LogP contribution in [0.1, 0.15) is 30.9 Å². The van der Waals surface area contributed by atoms with Crippen LogP contribution in [0.2, 0.25) is 0 Å². The molecule has 1 unspecified atom stereocenters. The molecule has 2 heteroatoms. The van der Waals surface area contributed by atoms with E-state index in [2.05, 4.69) is 63.2 Å². The monoisotopic (exact) mass is 308 g/mol. The van der Waals surface area contributed by atoms with E-state index in [1.54, 1.807) is 0 Å². The quantitative estimate of drug-likeness (QED) is 0.660. The average Bonchev–Trinajstić information content (AvgIpc) is 2.52. The molecule has 0 heterocycles. The van der Waals surface area contributed by atoms with Gasteiger partial charge in [0.1, 0.15) is 12.4 Å². The zero-order valence-corrected chi connectivity index (χ0v) is 14.1. The first-order chi connectivity index (χ1) is 11.1. The average molecular weight is 308 g/mol. The van der Waals surface area contributed by atoms with Crippen molar-refractivity contribution in [1.82, 2.24) is 0 Å². The van der Waals surface area contributed by atoms with Crippen molar-refractivity contribution in [2.24, 2.45) is 0 Å². The molecule has 0 aromatic heterocycles. The highest BCUT2D eigenvalue weighted by Gasteiger charge is 2.12. The van der Waals surface area contributed by atoms with Crippen LogP contribution in [0.4, 0.5) is 0 Å². The number of fused-ring (bicyclic) bond motifs is 2. The maximum absolute atomic E-state index is 10.0. The molecule has 3 aromatic carbocycles. The fourth-order valence-electron chi connectivity index (χ4n) is 3.07. The van der Waals surface area contributed by atoms with Gasteiger partial charge in [0.25, 0.3) is 0 Å². The topological polar surface area (TPSA) is 29.5 Å². The van der Waals surface area contributed by atoms with Crippen molar-refractivity contribution in [3.05, 3.63) is 53.6 Å². The number of aliphatic hydroxyl groups excluding tert-OH is 1. The van der Waals surface area contributed by atoms with Crippen molar-refractivity contribution in [3.63, 3.8) is 0 Å². The van der Waals surface area contributed by atoms with E-state index in [1.165, 1.54) is 21.9 Å². The van der Waals surface area contributed by atoms with Crippen molar-refractivity contribution in [1.29, 1.82) is 0 Å². The fraction of sp³-hybridized carbons (Fsp3) is 0.333. The van der Waals surface area contributed by atoms with Crippen LogP contribution in [0.15, 0.2) is 42.5 Å². The Kier molecular flexibility index (Phi) is 4.53. The normalized spacial score (nSPS) is 12.7. The molecule has 0 bridgehead atoms. The van der Waals surface area contributed by atoms with Gasteiger partial charge in [0, 0.05) is 10.8 Å². The third kappa shape index (κ3) is 3.32. The number of rotatable bonds is 5. The van der Waals surface area contributed by atoms with E-state index in [1.807, 2.05) is 0 Å². The molecule has 0 saturated carbocycles. The van der Waals surface area contributed by atoms with Crippen molar-refractivity contribution in [2.75, 3.05) is 6.61 Å². The summed E-state index contributed by atoms with van der Waals surface area (Å²) in [6.45, 7) is 6.60. The van der Waals surface area contributed by atoms with Crippen molar-refractivity contribution >= 4 is 21.5 Å². The number of ether oxygens (including phenoxy) is 1. The van der Waals surface area contributed by atoms with Gasteiger partial charge in [-0.2, -0.15) is 0 Å². The van der Waals surface area contributed by atoms with Gasteiger partial charge in [0.15, 0.2) is 0 Å². The summed E-state index contributed by atoms with van der Waals surface area (Å²) in [6.07, 6.45) is 1.31. The van der Waals surface area contributed by atoms with Crippen molar-refractivity contribution in [3.8, 4) is 5.75 Å². The van der Waals surface area contributed by atoms with Gasteiger partial charge >= 0.3 is 0 Å². The third-order valence-electron chi connectivity index (χ3n) is 4.26. The van der Waals surface area contributed by atoms with Crippen LogP contribution < -0.4 is 4.74 Å². The van der Waals surface area contributed by atoms with Crippen LogP contribution in [0.25, 0.3) is 21.5 Å². The lowest BCUT2D eigenvalue weighted by atomic mass is 9.99. The van der Waals surface area contributed by atoms with Crippen LogP contribution >= 0.6 is 0 Å². The first-order valence-electron chi connectivity index (χ1n) is 8.33. The molecule has 3 rings (SSSR count). The second-order valence-corrected chi connectivity index (χ2v) is 6.41. The Morgan fingerprint density at radius 2 is 1.65 bits per heavy atom. The molecular formula is C21H24O2. The molecule has 2 nitrogen and oxygen atoms in total. The van der Waals surface area contributed by atoms with Crippen molar-refractivity contribution in [2.45, 2.75) is 39.7 Å². The Bertz CT molecular complexity index is 836. The van der Waals surface area contributed by atoms with Gasteiger partial charge < -0.3 is 9.84 Å². The van der Waals surface area contributed by atoms with Crippen LogP contribution in [0.3, 0.4) is 0 Å². The second kappa shape index (κ2) is 6.59. The Hall–Kier alpha value is -2.06. The molecule has 1 atom stereocenters. The molecule has 0 spiro atoms. The predicted molar refractivity (Wildman–Crippen MR) is 97.3 cm³/mol. The lowest BCUT2D eigenvalue weighted by molar-refractivity contribution is 0.101. The number of benzene rings is 3. The molecule has 0 aliphatic carbocycles. The minimum Gasteiger partial charge on any atom is -0.490 e. The van der Waals surface area contributed by atoms with E-state index in [0.717, 1.165) is 29.4 Å². The Balaban J connectivity index is 2.14. The summed E-state index contributed by atoms with van der Waals surface area (Å²) in [5.74, 6) is 0.886. The summed E-state index contributed by atoms with van der Waals surface area (Å²) in [5.41, 5.74) is 2.45. The first kappa shape index (κ1) is 15.8. The highest BCUT2D eigenvalue weighted by molar-refractivity contribution is 6.05. The zero-order chi connectivity index (χ0) is 16.4. The van der Waals surface area contributed by atoms with Gasteiger partial charge in [-0.1, -0.05) is 54.8 Å². The number of aliphatic hydroxyl groups is 1. The summed E-state index contributed by atoms with van der Waals surface area (Å²) in [6, 6.07) is 15.1. The number of hydrogen-bond acceptors (Lipinski definition) is 2. The third-order valence-corrected chi connectivity index (χ3v) is 4.26. The predicted octanol–water partition coefficient (Wildman–Crippen LogP) is 5.15. The molecule has 0 saturated heterocycles. The first-order valence-corrected chi connectivity index (χ1v) is 8.33. The Morgan fingerprint density at radius 3 is 2.43 bits per heavy atom. The van der Waals surface area contributed by atoms with Gasteiger partial charge in [0.2, 0.25) is 0 Å². The fourth-order valence-corrected chi connectivity index (χ4v) is 3.07. The SMILES string of the molecule is CCCC(O)COc1c2ccc(C)cc2cc2ccc(C)cc12. The second-order valence-electron chi connectivity index (χ2n) is 6.41. The highest BCUT2D eigenvalue weighted by Crippen LogP contribution is 2.36. The summed E-state index contributed by atoms with van der Waals surface area (Å²) in [4.78, 5) is 0. The van der Waals surface area contributed by atoms with Crippen LogP contribution in [0, 0.1) is 13.8 Å². The Morgan fingerprint density at radius 1 is 0.913 bits per heavy atom. The molecule has 0 amide bonds. The van der Waals surface area contributed by atoms with Crippen LogP contribution in [0.5, 0.6) is 5.75 Å². The van der Waals surface area contributed by atoms with Gasteiger partial charge in [-0.3, -0.25) is 0 Å². The summed E-state index contributed by atoms with van der Waals surface area (Å²) < 4.78 is 6.09. The maximum Gasteiger partial charge on any atom is 0.135 e.